The van der Waals surface area contributed by atoms with Gasteiger partial charge in [0.15, 0.2) is 0 Å². The number of carbonyl (C=O) groups excluding carboxylic acids is 1. The van der Waals surface area contributed by atoms with E-state index < -0.39 is 11.9 Å². The van der Waals surface area contributed by atoms with Crippen LogP contribution in [-0.4, -0.2) is 20.7 Å². The van der Waals surface area contributed by atoms with Gasteiger partial charge in [0, 0.05) is 6.20 Å². The maximum Gasteiger partial charge on any atom is 1.00 e. The molecule has 2 aromatic heterocycles. The van der Waals surface area contributed by atoms with Gasteiger partial charge in [0.25, 0.3) is 5.89 Å². The zero-order valence-corrected chi connectivity index (χ0v) is 12.5. The second kappa shape index (κ2) is 5.74. The number of carboxylic acid groups (broad SMARTS) is 1. The van der Waals surface area contributed by atoms with Crippen LogP contribution < -0.4 is 34.7 Å². The molecule has 8 heteroatoms. The zero-order chi connectivity index (χ0) is 13.4. The number of aromatic carboxylic acids is 1. The zero-order valence-electron chi connectivity index (χ0n) is 10.5. The van der Waals surface area contributed by atoms with Crippen LogP contribution >= 0.6 is 0 Å². The smallest absolute Gasteiger partial charge is 0.540 e. The van der Waals surface area contributed by atoms with E-state index in [0.717, 1.165) is 5.39 Å². The molecule has 0 amide bonds. The summed E-state index contributed by atoms with van der Waals surface area (Å²) in [4.78, 5) is 10.5. The Bertz CT molecular complexity index is 768. The fourth-order valence-electron chi connectivity index (χ4n) is 1.84. The van der Waals surface area contributed by atoms with Gasteiger partial charge in [0.1, 0.15) is 18.3 Å². The molecular formula is C12H7FN3NaO3. The fraction of sp³-hybridized carbons (Fsp3) is 0.0833. The van der Waals surface area contributed by atoms with Gasteiger partial charge in [-0.05, 0) is 29.7 Å². The van der Waals surface area contributed by atoms with Crippen molar-refractivity contribution in [3.05, 3.63) is 48.1 Å². The Morgan fingerprint density at radius 2 is 2.15 bits per heavy atom. The minimum atomic E-state index is -1.53. The number of carboxylic acids is 1. The Hall–Kier alpha value is -1.70. The third kappa shape index (κ3) is 2.74. The summed E-state index contributed by atoms with van der Waals surface area (Å²) in [5, 5.41) is 18.3. The average molecular weight is 283 g/mol. The number of nitrogens with zero attached hydrogens (tertiary/aromatic N) is 3. The van der Waals surface area contributed by atoms with Gasteiger partial charge in [-0.15, -0.1) is 10.2 Å². The van der Waals surface area contributed by atoms with Gasteiger partial charge in [-0.1, -0.05) is 0 Å². The molecular weight excluding hydrogens is 276 g/mol. The van der Waals surface area contributed by atoms with Crippen LogP contribution in [0.3, 0.4) is 0 Å². The first kappa shape index (κ1) is 14.7. The van der Waals surface area contributed by atoms with Crippen LogP contribution in [0.1, 0.15) is 16.6 Å². The van der Waals surface area contributed by atoms with E-state index in [1.807, 2.05) is 6.07 Å². The van der Waals surface area contributed by atoms with Gasteiger partial charge < -0.3 is 18.9 Å². The number of fused-ring (bicyclic) bond motifs is 1. The molecule has 0 N–H and O–H groups in total. The van der Waals surface area contributed by atoms with Crippen LogP contribution in [0, 0.1) is 5.82 Å². The summed E-state index contributed by atoms with van der Waals surface area (Å²) < 4.78 is 19.8. The summed E-state index contributed by atoms with van der Waals surface area (Å²) in [5.74, 6) is -2.34. The number of carbonyl (C=O) groups is 1. The molecule has 0 aliphatic carbocycles. The molecule has 0 bridgehead atoms. The number of aromatic nitrogens is 3. The molecule has 0 spiro atoms. The predicted molar refractivity (Wildman–Crippen MR) is 59.6 cm³/mol. The summed E-state index contributed by atoms with van der Waals surface area (Å²) in [6.07, 6.45) is 1.73. The fourth-order valence-corrected chi connectivity index (χ4v) is 1.84. The summed E-state index contributed by atoms with van der Waals surface area (Å²) in [5.41, 5.74) is 0.660. The second-order valence-electron chi connectivity index (χ2n) is 3.94. The monoisotopic (exact) mass is 283 g/mol. The summed E-state index contributed by atoms with van der Waals surface area (Å²) in [6.45, 7) is 0.160. The van der Waals surface area contributed by atoms with E-state index in [9.17, 15) is 14.3 Å². The topological polar surface area (TPSA) is 84.0 Å². The average Bonchev–Trinajstić information content (AvgIpc) is 2.98. The van der Waals surface area contributed by atoms with Crippen LogP contribution in [0.2, 0.25) is 0 Å². The third-order valence-corrected chi connectivity index (χ3v) is 2.68. The molecule has 3 aromatic rings. The van der Waals surface area contributed by atoms with Crippen molar-refractivity contribution < 1.29 is 48.3 Å². The van der Waals surface area contributed by atoms with Crippen molar-refractivity contribution in [3.63, 3.8) is 0 Å². The van der Waals surface area contributed by atoms with Crippen molar-refractivity contribution in [3.8, 4) is 0 Å². The number of rotatable bonds is 3. The van der Waals surface area contributed by atoms with Crippen molar-refractivity contribution >= 4 is 16.9 Å². The first-order valence-electron chi connectivity index (χ1n) is 5.41. The van der Waals surface area contributed by atoms with Gasteiger partial charge >= 0.3 is 29.6 Å². The van der Waals surface area contributed by atoms with E-state index in [4.69, 9.17) is 4.42 Å². The Morgan fingerprint density at radius 3 is 2.85 bits per heavy atom. The molecule has 0 aliphatic rings. The SMILES string of the molecule is O=C([O-])c1nnc(Cn2ccc3ccc(F)cc32)o1.[Na+]. The van der Waals surface area contributed by atoms with Crippen LogP contribution in [0.5, 0.6) is 0 Å². The first-order valence-corrected chi connectivity index (χ1v) is 5.41. The van der Waals surface area contributed by atoms with E-state index >= 15 is 0 Å². The van der Waals surface area contributed by atoms with E-state index in [2.05, 4.69) is 10.2 Å². The molecule has 0 fully saturated rings. The van der Waals surface area contributed by atoms with Crippen molar-refractivity contribution in [2.45, 2.75) is 6.54 Å². The minimum Gasteiger partial charge on any atom is -0.540 e. The molecule has 1 aromatic carbocycles. The number of hydrogen-bond donors (Lipinski definition) is 0. The normalized spacial score (nSPS) is 10.4. The molecule has 20 heavy (non-hydrogen) atoms. The van der Waals surface area contributed by atoms with Gasteiger partial charge in [0.2, 0.25) is 5.89 Å². The van der Waals surface area contributed by atoms with Crippen LogP contribution in [-0.2, 0) is 6.54 Å². The number of hydrogen-bond acceptors (Lipinski definition) is 5. The molecule has 2 heterocycles. The molecule has 3 rings (SSSR count). The molecule has 96 valence electrons. The van der Waals surface area contributed by atoms with Crippen molar-refractivity contribution in [2.75, 3.05) is 0 Å². The van der Waals surface area contributed by atoms with Gasteiger partial charge in [-0.3, -0.25) is 0 Å². The number of benzene rings is 1. The molecule has 0 unspecified atom stereocenters. The van der Waals surface area contributed by atoms with E-state index in [1.165, 1.54) is 12.1 Å². The van der Waals surface area contributed by atoms with E-state index in [-0.39, 0.29) is 47.8 Å². The van der Waals surface area contributed by atoms with Gasteiger partial charge in [0.05, 0.1) is 5.52 Å². The summed E-state index contributed by atoms with van der Waals surface area (Å²) in [7, 11) is 0. The largest absolute Gasteiger partial charge is 1.00 e. The predicted octanol–water partition coefficient (Wildman–Crippen LogP) is -2.42. The van der Waals surface area contributed by atoms with Crippen LogP contribution in [0.15, 0.2) is 34.9 Å². The quantitative estimate of drug-likeness (QED) is 0.499. The van der Waals surface area contributed by atoms with Crippen molar-refractivity contribution in [2.24, 2.45) is 0 Å². The summed E-state index contributed by atoms with van der Waals surface area (Å²) in [6, 6.07) is 6.21. The Balaban J connectivity index is 0.00000147. The van der Waals surface area contributed by atoms with Crippen molar-refractivity contribution in [1.29, 1.82) is 0 Å². The van der Waals surface area contributed by atoms with E-state index in [0.29, 0.717) is 5.52 Å². The third-order valence-electron chi connectivity index (χ3n) is 2.68. The Kier molecular flexibility index (Phi) is 4.22. The molecule has 6 nitrogen and oxygen atoms in total. The van der Waals surface area contributed by atoms with Crippen LogP contribution in [0.4, 0.5) is 4.39 Å². The Morgan fingerprint density at radius 1 is 1.35 bits per heavy atom. The van der Waals surface area contributed by atoms with Gasteiger partial charge in [-0.25, -0.2) is 4.39 Å². The molecule has 0 atom stereocenters. The molecule has 0 radical (unpaired) electrons. The second-order valence-corrected chi connectivity index (χ2v) is 3.94. The Labute approximate surface area is 134 Å². The standard InChI is InChI=1S/C12H8FN3O3.Na/c13-8-2-1-7-3-4-16(9(7)5-8)6-10-14-15-11(19-10)12(17)18;/h1-5H,6H2,(H,17,18);/q;+1/p-1. The van der Waals surface area contributed by atoms with Gasteiger partial charge in [-0.2, -0.15) is 0 Å². The first-order chi connectivity index (χ1) is 9.13. The summed E-state index contributed by atoms with van der Waals surface area (Å²) >= 11 is 0. The van der Waals surface area contributed by atoms with E-state index in [1.54, 1.807) is 16.8 Å². The van der Waals surface area contributed by atoms with Crippen molar-refractivity contribution in [1.82, 2.24) is 14.8 Å². The molecule has 0 saturated heterocycles. The van der Waals surface area contributed by atoms with Crippen LogP contribution in [0.25, 0.3) is 10.9 Å². The molecule has 0 aliphatic heterocycles. The molecule has 0 saturated carbocycles. The maximum absolute atomic E-state index is 13.2. The maximum atomic E-state index is 13.2. The number of halogens is 1. The minimum absolute atomic E-state index is 0.